The van der Waals surface area contributed by atoms with Crippen LogP contribution in [0.5, 0.6) is 5.75 Å². The summed E-state index contributed by atoms with van der Waals surface area (Å²) in [6, 6.07) is 10.2. The van der Waals surface area contributed by atoms with Gasteiger partial charge >= 0.3 is 10.2 Å². The zero-order valence-electron chi connectivity index (χ0n) is 17.5. The van der Waals surface area contributed by atoms with Crippen LogP contribution in [0.4, 0.5) is 19.4 Å². The maximum absolute atomic E-state index is 12.8. The van der Waals surface area contributed by atoms with Crippen molar-refractivity contribution in [3.05, 3.63) is 89.9 Å². The Morgan fingerprint density at radius 1 is 0.941 bits per heavy atom. The van der Waals surface area contributed by atoms with E-state index in [9.17, 15) is 19.4 Å². The summed E-state index contributed by atoms with van der Waals surface area (Å²) in [5.41, 5.74) is 1.90. The van der Waals surface area contributed by atoms with Gasteiger partial charge in [-0.3, -0.25) is 4.68 Å². The van der Waals surface area contributed by atoms with Gasteiger partial charge in [-0.1, -0.05) is 48.9 Å². The third kappa shape index (κ3) is 6.44. The number of halogens is 5. The van der Waals surface area contributed by atoms with Crippen molar-refractivity contribution < 1.29 is 28.6 Å². The van der Waals surface area contributed by atoms with Gasteiger partial charge in [0.2, 0.25) is 5.89 Å². The number of aromatic nitrogens is 4. The summed E-state index contributed by atoms with van der Waals surface area (Å²) in [7, 11) is -9.68. The first-order valence-corrected chi connectivity index (χ1v) is 11.9. The molecule has 0 bridgehead atoms. The smallest absolute Gasteiger partial charge is 0.310 e. The van der Waals surface area contributed by atoms with Crippen molar-refractivity contribution in [2.75, 3.05) is 0 Å². The minimum Gasteiger partial charge on any atom is -0.487 e. The molecule has 0 saturated heterocycles. The van der Waals surface area contributed by atoms with E-state index in [0.717, 1.165) is 30.7 Å². The monoisotopic (exact) mass is 498 g/mol. The Kier molecular flexibility index (Phi) is 5.72. The predicted molar refractivity (Wildman–Crippen MR) is 118 cm³/mol. The van der Waals surface area contributed by atoms with E-state index >= 15 is 0 Å². The van der Waals surface area contributed by atoms with Crippen molar-refractivity contribution in [3.8, 4) is 5.75 Å². The number of oxazole rings is 1. The molecule has 0 aliphatic rings. The average Bonchev–Trinajstić information content (AvgIpc) is 3.46. The predicted octanol–water partition coefficient (Wildman–Crippen LogP) is 6.92. The van der Waals surface area contributed by atoms with Crippen LogP contribution in [0.25, 0.3) is 12.2 Å². The molecule has 12 heteroatoms. The normalized spacial score (nSPS) is 14.1. The first-order chi connectivity index (χ1) is 15.9. The summed E-state index contributed by atoms with van der Waals surface area (Å²) in [6.45, 7) is 0.865. The van der Waals surface area contributed by atoms with Gasteiger partial charge in [0.25, 0.3) is 0 Å². The second-order valence-electron chi connectivity index (χ2n) is 7.40. The molecule has 34 heavy (non-hydrogen) atoms. The molecule has 0 unspecified atom stereocenters. The molecule has 0 amide bonds. The van der Waals surface area contributed by atoms with E-state index in [4.69, 9.17) is 9.15 Å². The molecule has 0 N–H and O–H groups in total. The van der Waals surface area contributed by atoms with Crippen LogP contribution in [0.3, 0.4) is 0 Å². The number of rotatable bonds is 9. The lowest BCUT2D eigenvalue weighted by atomic mass is 10.1. The summed E-state index contributed by atoms with van der Waals surface area (Å²) < 4.78 is 76.6. The van der Waals surface area contributed by atoms with Crippen LogP contribution in [0.1, 0.15) is 22.7 Å². The Morgan fingerprint density at radius 3 is 2.32 bits per heavy atom. The van der Waals surface area contributed by atoms with E-state index in [0.29, 0.717) is 23.6 Å². The molecule has 0 aliphatic heterocycles. The molecule has 4 rings (SSSR count). The lowest BCUT2D eigenvalue weighted by Crippen LogP contribution is -2.05. The second-order valence-corrected chi connectivity index (χ2v) is 9.81. The molecule has 2 aromatic heterocycles. The number of hydrogen-bond donors (Lipinski definition) is 0. The molecular weight excluding hydrogens is 479 g/mol. The third-order valence-electron chi connectivity index (χ3n) is 4.72. The van der Waals surface area contributed by atoms with Crippen LogP contribution in [0.15, 0.2) is 76.5 Å². The Hall–Kier alpha value is -3.67. The van der Waals surface area contributed by atoms with Crippen molar-refractivity contribution >= 4 is 22.4 Å². The SMILES string of the molecule is FS(F)(F)(F)(F)c1ccc(/C=C/c2nc(COc3ccc(CCn4ccnn4)cc3)co2)cc1. The second kappa shape index (κ2) is 8.28. The molecule has 0 fully saturated rings. The third-order valence-corrected chi connectivity index (χ3v) is 5.89. The van der Waals surface area contributed by atoms with E-state index in [1.807, 2.05) is 24.3 Å². The topological polar surface area (TPSA) is 66.0 Å². The highest BCUT2D eigenvalue weighted by molar-refractivity contribution is 8.45. The van der Waals surface area contributed by atoms with E-state index < -0.39 is 15.1 Å². The maximum Gasteiger partial charge on any atom is 0.310 e. The van der Waals surface area contributed by atoms with Gasteiger partial charge in [-0.15, -0.1) is 5.10 Å². The fraction of sp³-hybridized carbons (Fsp3) is 0.136. The van der Waals surface area contributed by atoms with Crippen molar-refractivity contribution in [2.45, 2.75) is 24.5 Å². The van der Waals surface area contributed by atoms with Crippen LogP contribution < -0.4 is 4.74 Å². The quantitative estimate of drug-likeness (QED) is 0.235. The Morgan fingerprint density at radius 2 is 1.68 bits per heavy atom. The van der Waals surface area contributed by atoms with E-state index in [1.165, 1.54) is 18.4 Å². The summed E-state index contributed by atoms with van der Waals surface area (Å²) in [4.78, 5) is 2.27. The number of nitrogens with zero attached hydrogens (tertiary/aromatic N) is 4. The number of aryl methyl sites for hydroxylation is 2. The van der Waals surface area contributed by atoms with Crippen LogP contribution in [-0.2, 0) is 19.6 Å². The standard InChI is InChI=1S/C22H19F5N4O2S/c23-34(24,25,26,27)21-8-3-17(4-9-21)5-10-22-29-19(16-33-22)15-32-20-6-1-18(2-7-20)11-13-31-14-12-28-30-31/h1-10,12,14,16H,11,13,15H2/b10-5+. The van der Waals surface area contributed by atoms with Gasteiger partial charge in [0.05, 0.1) is 6.20 Å². The van der Waals surface area contributed by atoms with Gasteiger partial charge in [0.15, 0.2) is 0 Å². The number of hydrogen-bond acceptors (Lipinski definition) is 5. The summed E-state index contributed by atoms with van der Waals surface area (Å²) in [5.74, 6) is 0.840. The summed E-state index contributed by atoms with van der Waals surface area (Å²) in [6.07, 6.45) is 8.44. The minimum absolute atomic E-state index is 0.147. The minimum atomic E-state index is -9.68. The van der Waals surface area contributed by atoms with Gasteiger partial charge in [-0.2, -0.15) is 0 Å². The van der Waals surface area contributed by atoms with Crippen LogP contribution >= 0.6 is 10.2 Å². The Labute approximate surface area is 191 Å². The van der Waals surface area contributed by atoms with E-state index in [-0.39, 0.29) is 18.1 Å². The van der Waals surface area contributed by atoms with E-state index in [1.54, 1.807) is 17.1 Å². The van der Waals surface area contributed by atoms with Gasteiger partial charge in [-0.25, -0.2) is 4.98 Å². The largest absolute Gasteiger partial charge is 0.487 e. The van der Waals surface area contributed by atoms with Crippen molar-refractivity contribution in [2.24, 2.45) is 0 Å². The molecule has 6 nitrogen and oxygen atoms in total. The van der Waals surface area contributed by atoms with Gasteiger partial charge in [0.1, 0.15) is 29.2 Å². The average molecular weight is 498 g/mol. The first kappa shape index (κ1) is 23.5. The van der Waals surface area contributed by atoms with E-state index in [2.05, 4.69) is 15.3 Å². The molecular formula is C22H19F5N4O2S. The zero-order chi connectivity index (χ0) is 24.3. The molecule has 2 aromatic carbocycles. The van der Waals surface area contributed by atoms with Crippen LogP contribution in [0.2, 0.25) is 0 Å². The van der Waals surface area contributed by atoms with Crippen LogP contribution in [0, 0.1) is 0 Å². The Balaban J connectivity index is 1.29. The van der Waals surface area contributed by atoms with Crippen molar-refractivity contribution in [1.29, 1.82) is 0 Å². The highest BCUT2D eigenvalue weighted by atomic mass is 32.5. The lowest BCUT2D eigenvalue weighted by Gasteiger charge is -2.40. The number of benzene rings is 2. The fourth-order valence-electron chi connectivity index (χ4n) is 2.97. The van der Waals surface area contributed by atoms with Gasteiger partial charge in [-0.05, 0) is 47.9 Å². The zero-order valence-corrected chi connectivity index (χ0v) is 18.3. The molecule has 0 aliphatic carbocycles. The van der Waals surface area contributed by atoms with Gasteiger partial charge in [0, 0.05) is 18.8 Å². The first-order valence-electron chi connectivity index (χ1n) is 9.97. The number of ether oxygens (including phenoxy) is 1. The summed E-state index contributed by atoms with van der Waals surface area (Å²) >= 11 is 0. The van der Waals surface area contributed by atoms with Crippen molar-refractivity contribution in [1.82, 2.24) is 20.0 Å². The van der Waals surface area contributed by atoms with Crippen molar-refractivity contribution in [3.63, 3.8) is 0 Å². The molecule has 2 heterocycles. The van der Waals surface area contributed by atoms with Crippen LogP contribution in [-0.4, -0.2) is 20.0 Å². The molecule has 0 spiro atoms. The lowest BCUT2D eigenvalue weighted by molar-refractivity contribution is 0.301. The molecule has 0 radical (unpaired) electrons. The molecule has 0 atom stereocenters. The fourth-order valence-corrected chi connectivity index (χ4v) is 3.62. The highest BCUT2D eigenvalue weighted by Gasteiger charge is 2.65. The Bertz CT molecular complexity index is 1270. The molecule has 0 saturated carbocycles. The van der Waals surface area contributed by atoms with Gasteiger partial charge < -0.3 is 9.15 Å². The molecule has 4 aromatic rings. The highest BCUT2D eigenvalue weighted by Crippen LogP contribution is 3.02. The maximum atomic E-state index is 12.8. The summed E-state index contributed by atoms with van der Waals surface area (Å²) in [5, 5.41) is 7.68. The molecule has 180 valence electrons.